The van der Waals surface area contributed by atoms with E-state index in [4.69, 9.17) is 0 Å². The summed E-state index contributed by atoms with van der Waals surface area (Å²) in [5, 5.41) is 14.2. The monoisotopic (exact) mass is 358 g/mol. The van der Waals surface area contributed by atoms with Gasteiger partial charge in [0.2, 0.25) is 5.91 Å². The first-order chi connectivity index (χ1) is 11.6. The van der Waals surface area contributed by atoms with Gasteiger partial charge in [-0.25, -0.2) is 0 Å². The number of hydrogen-bond donors (Lipinski definition) is 1. The van der Waals surface area contributed by atoms with Crippen molar-refractivity contribution in [1.29, 1.82) is 0 Å². The molecular formula is C17H18N4OS2. The van der Waals surface area contributed by atoms with Crippen LogP contribution in [-0.4, -0.2) is 26.4 Å². The van der Waals surface area contributed by atoms with Gasteiger partial charge < -0.3 is 9.88 Å². The molecule has 0 radical (unpaired) electrons. The fraction of sp³-hybridized carbons (Fsp3) is 0.235. The van der Waals surface area contributed by atoms with Gasteiger partial charge in [-0.2, -0.15) is 0 Å². The summed E-state index contributed by atoms with van der Waals surface area (Å²) in [6.07, 6.45) is 0. The predicted octanol–water partition coefficient (Wildman–Crippen LogP) is 3.51. The van der Waals surface area contributed by atoms with Crippen LogP contribution in [0.15, 0.2) is 53.0 Å². The number of nitrogens with one attached hydrogen (secondary N) is 1. The van der Waals surface area contributed by atoms with Crippen LogP contribution in [0.4, 0.5) is 0 Å². The third-order valence-corrected chi connectivity index (χ3v) is 5.47. The first-order valence-corrected chi connectivity index (χ1v) is 9.42. The molecule has 1 unspecified atom stereocenters. The molecule has 2 aromatic heterocycles. The van der Waals surface area contributed by atoms with Gasteiger partial charge in [0.1, 0.15) is 0 Å². The van der Waals surface area contributed by atoms with Crippen LogP contribution in [0.1, 0.15) is 18.5 Å². The van der Waals surface area contributed by atoms with Crippen LogP contribution in [0.5, 0.6) is 0 Å². The number of thioether (sulfide) groups is 1. The summed E-state index contributed by atoms with van der Waals surface area (Å²) in [5.41, 5.74) is 1.09. The molecule has 3 rings (SSSR count). The van der Waals surface area contributed by atoms with Crippen molar-refractivity contribution >= 4 is 29.0 Å². The van der Waals surface area contributed by atoms with Crippen LogP contribution in [-0.2, 0) is 11.8 Å². The Kier molecular flexibility index (Phi) is 5.32. The molecule has 0 saturated heterocycles. The standard InChI is InChI=1S/C17H18N4OS2/c1-12(13-7-4-3-5-8-13)18-15(22)11-24-17-20-19-16(21(17)2)14-9-6-10-23-14/h3-10,12H,11H2,1-2H3,(H,18,22). The van der Waals surface area contributed by atoms with Crippen LogP contribution in [0.3, 0.4) is 0 Å². The van der Waals surface area contributed by atoms with Crippen molar-refractivity contribution in [3.05, 3.63) is 53.4 Å². The van der Waals surface area contributed by atoms with Crippen molar-refractivity contribution < 1.29 is 4.79 Å². The van der Waals surface area contributed by atoms with Crippen molar-refractivity contribution in [2.24, 2.45) is 7.05 Å². The summed E-state index contributed by atoms with van der Waals surface area (Å²) in [6.45, 7) is 1.98. The minimum atomic E-state index is -0.0166. The van der Waals surface area contributed by atoms with Gasteiger partial charge in [-0.3, -0.25) is 4.79 Å². The topological polar surface area (TPSA) is 59.8 Å². The molecule has 1 atom stereocenters. The third-order valence-electron chi connectivity index (χ3n) is 3.59. The van der Waals surface area contributed by atoms with Crippen LogP contribution in [0, 0.1) is 0 Å². The molecule has 7 heteroatoms. The number of carbonyl (C=O) groups is 1. The zero-order valence-corrected chi connectivity index (χ0v) is 15.1. The molecule has 0 fully saturated rings. The molecule has 124 valence electrons. The number of benzene rings is 1. The van der Waals surface area contributed by atoms with Crippen LogP contribution in [0.25, 0.3) is 10.7 Å². The van der Waals surface area contributed by atoms with Gasteiger partial charge in [0.05, 0.1) is 16.7 Å². The lowest BCUT2D eigenvalue weighted by Crippen LogP contribution is -2.28. The van der Waals surface area contributed by atoms with Crippen molar-refractivity contribution in [2.45, 2.75) is 18.1 Å². The smallest absolute Gasteiger partial charge is 0.230 e. The SMILES string of the molecule is CC(NC(=O)CSc1nnc(-c2cccs2)n1C)c1ccccc1. The van der Waals surface area contributed by atoms with Crippen LogP contribution >= 0.6 is 23.1 Å². The highest BCUT2D eigenvalue weighted by atomic mass is 32.2. The first kappa shape index (κ1) is 16.7. The Labute approximate surface area is 149 Å². The zero-order chi connectivity index (χ0) is 16.9. The number of thiophene rings is 1. The van der Waals surface area contributed by atoms with E-state index in [1.807, 2.05) is 66.4 Å². The number of aromatic nitrogens is 3. The van der Waals surface area contributed by atoms with E-state index < -0.39 is 0 Å². The lowest BCUT2D eigenvalue weighted by molar-refractivity contribution is -0.119. The minimum absolute atomic E-state index is 0.0134. The summed E-state index contributed by atoms with van der Waals surface area (Å²) in [5.74, 6) is 1.12. The van der Waals surface area contributed by atoms with E-state index in [0.29, 0.717) is 5.75 Å². The van der Waals surface area contributed by atoms with E-state index in [-0.39, 0.29) is 11.9 Å². The maximum atomic E-state index is 12.2. The molecule has 3 aromatic rings. The minimum Gasteiger partial charge on any atom is -0.349 e. The lowest BCUT2D eigenvalue weighted by Gasteiger charge is -2.13. The molecule has 0 saturated carbocycles. The molecule has 24 heavy (non-hydrogen) atoms. The molecule has 1 aromatic carbocycles. The van der Waals surface area contributed by atoms with Crippen molar-refractivity contribution in [3.8, 4) is 10.7 Å². The maximum absolute atomic E-state index is 12.2. The van der Waals surface area contributed by atoms with E-state index in [2.05, 4.69) is 15.5 Å². The highest BCUT2D eigenvalue weighted by Gasteiger charge is 2.14. The molecule has 0 bridgehead atoms. The highest BCUT2D eigenvalue weighted by Crippen LogP contribution is 2.26. The Bertz CT molecular complexity index is 799. The molecule has 2 heterocycles. The Morgan fingerprint density at radius 3 is 2.75 bits per heavy atom. The van der Waals surface area contributed by atoms with Crippen molar-refractivity contribution in [2.75, 3.05) is 5.75 Å². The van der Waals surface area contributed by atoms with E-state index in [0.717, 1.165) is 21.4 Å². The second kappa shape index (κ2) is 7.63. The van der Waals surface area contributed by atoms with Crippen LogP contribution < -0.4 is 5.32 Å². The summed E-state index contributed by atoms with van der Waals surface area (Å²) < 4.78 is 1.92. The van der Waals surface area contributed by atoms with Gasteiger partial charge in [-0.05, 0) is 23.9 Å². The lowest BCUT2D eigenvalue weighted by atomic mass is 10.1. The summed E-state index contributed by atoms with van der Waals surface area (Å²) in [7, 11) is 1.92. The van der Waals surface area contributed by atoms with Crippen molar-refractivity contribution in [3.63, 3.8) is 0 Å². The second-order valence-electron chi connectivity index (χ2n) is 5.33. The fourth-order valence-electron chi connectivity index (χ4n) is 2.30. The fourth-order valence-corrected chi connectivity index (χ4v) is 3.77. The molecule has 0 aliphatic carbocycles. The summed E-state index contributed by atoms with van der Waals surface area (Å²) >= 11 is 3.01. The molecule has 0 aliphatic heterocycles. The normalized spacial score (nSPS) is 12.1. The summed E-state index contributed by atoms with van der Waals surface area (Å²) in [4.78, 5) is 13.2. The number of rotatable bonds is 6. The molecule has 1 N–H and O–H groups in total. The van der Waals surface area contributed by atoms with Gasteiger partial charge in [0.25, 0.3) is 0 Å². The van der Waals surface area contributed by atoms with Gasteiger partial charge in [0.15, 0.2) is 11.0 Å². The van der Waals surface area contributed by atoms with Crippen molar-refractivity contribution in [1.82, 2.24) is 20.1 Å². The van der Waals surface area contributed by atoms with E-state index in [9.17, 15) is 4.79 Å². The summed E-state index contributed by atoms with van der Waals surface area (Å²) in [6, 6.07) is 13.9. The Hall–Kier alpha value is -2.12. The van der Waals surface area contributed by atoms with E-state index in [1.54, 1.807) is 11.3 Å². The Morgan fingerprint density at radius 2 is 2.04 bits per heavy atom. The van der Waals surface area contributed by atoms with E-state index in [1.165, 1.54) is 11.8 Å². The number of hydrogen-bond acceptors (Lipinski definition) is 5. The first-order valence-electron chi connectivity index (χ1n) is 7.55. The highest BCUT2D eigenvalue weighted by molar-refractivity contribution is 7.99. The predicted molar refractivity (Wildman–Crippen MR) is 98.0 cm³/mol. The Balaban J connectivity index is 1.57. The number of nitrogens with zero attached hydrogens (tertiary/aromatic N) is 3. The quantitative estimate of drug-likeness (QED) is 0.685. The van der Waals surface area contributed by atoms with Gasteiger partial charge in [-0.1, -0.05) is 48.2 Å². The average Bonchev–Trinajstić information content (AvgIpc) is 3.23. The zero-order valence-electron chi connectivity index (χ0n) is 13.5. The van der Waals surface area contributed by atoms with Gasteiger partial charge >= 0.3 is 0 Å². The molecule has 0 spiro atoms. The number of amides is 1. The Morgan fingerprint density at radius 1 is 1.25 bits per heavy atom. The van der Waals surface area contributed by atoms with Crippen LogP contribution in [0.2, 0.25) is 0 Å². The maximum Gasteiger partial charge on any atom is 0.230 e. The molecular weight excluding hydrogens is 340 g/mol. The van der Waals surface area contributed by atoms with Gasteiger partial charge in [-0.15, -0.1) is 21.5 Å². The second-order valence-corrected chi connectivity index (χ2v) is 7.22. The van der Waals surface area contributed by atoms with E-state index >= 15 is 0 Å². The molecule has 0 aliphatic rings. The third kappa shape index (κ3) is 3.85. The number of carbonyl (C=O) groups excluding carboxylic acids is 1. The largest absolute Gasteiger partial charge is 0.349 e. The van der Waals surface area contributed by atoms with Gasteiger partial charge in [0, 0.05) is 7.05 Å². The molecule has 5 nitrogen and oxygen atoms in total. The molecule has 1 amide bonds. The average molecular weight is 358 g/mol.